The van der Waals surface area contributed by atoms with Gasteiger partial charge in [0.25, 0.3) is 0 Å². The van der Waals surface area contributed by atoms with Crippen LogP contribution >= 0.6 is 0 Å². The van der Waals surface area contributed by atoms with Crippen molar-refractivity contribution in [1.82, 2.24) is 9.78 Å². The Kier molecular flexibility index (Phi) is 6.44. The van der Waals surface area contributed by atoms with Crippen molar-refractivity contribution >= 4 is 23.5 Å². The Morgan fingerprint density at radius 1 is 1.11 bits per heavy atom. The van der Waals surface area contributed by atoms with E-state index in [1.807, 2.05) is 35.2 Å². The molecule has 0 aliphatic carbocycles. The van der Waals surface area contributed by atoms with Gasteiger partial charge in [-0.25, -0.2) is 9.18 Å². The Morgan fingerprint density at radius 2 is 1.89 bits per heavy atom. The maximum Gasteiger partial charge on any atom is 0.437 e. The highest BCUT2D eigenvalue weighted by atomic mass is 19.1. The van der Waals surface area contributed by atoms with Gasteiger partial charge in [0.2, 0.25) is 5.89 Å². The SMILES string of the molecule is O=c1oc(C2CCN(c3ccc(N=Cc4ccc([N+](=O)[O-])o4)cc3F)CC2)nn1Cc1ccccc1. The van der Waals surface area contributed by atoms with Crippen LogP contribution in [0.3, 0.4) is 0 Å². The van der Waals surface area contributed by atoms with Crippen molar-refractivity contribution in [2.75, 3.05) is 18.0 Å². The Bertz CT molecular complexity index is 1450. The van der Waals surface area contributed by atoms with Crippen LogP contribution < -0.4 is 10.7 Å². The van der Waals surface area contributed by atoms with E-state index in [9.17, 15) is 19.3 Å². The fraction of sp³-hybridized carbons (Fsp3) is 0.240. The molecule has 0 atom stereocenters. The Morgan fingerprint density at radius 3 is 2.58 bits per heavy atom. The van der Waals surface area contributed by atoms with E-state index < -0.39 is 16.5 Å². The van der Waals surface area contributed by atoms with Crippen molar-refractivity contribution in [2.24, 2.45) is 4.99 Å². The molecule has 2 aromatic carbocycles. The molecule has 2 aromatic heterocycles. The number of hydrogen-bond acceptors (Lipinski definition) is 8. The van der Waals surface area contributed by atoms with E-state index in [2.05, 4.69) is 10.1 Å². The molecule has 1 fully saturated rings. The second-order valence-corrected chi connectivity index (χ2v) is 8.44. The molecule has 0 spiro atoms. The molecule has 11 heteroatoms. The van der Waals surface area contributed by atoms with Gasteiger partial charge in [0, 0.05) is 25.1 Å². The van der Waals surface area contributed by atoms with Crippen molar-refractivity contribution in [1.29, 1.82) is 0 Å². The number of furan rings is 1. The standard InChI is InChI=1S/C25H22FN5O5/c26-21-14-19(27-15-20-7-9-23(35-20)31(33)34)6-8-22(21)29-12-10-18(11-13-29)24-28-30(25(32)36-24)16-17-4-2-1-3-5-17/h1-9,14-15,18H,10-13,16H2. The van der Waals surface area contributed by atoms with Gasteiger partial charge in [-0.1, -0.05) is 30.3 Å². The zero-order chi connectivity index (χ0) is 25.1. The summed E-state index contributed by atoms with van der Waals surface area (Å²) in [7, 11) is 0. The number of hydrogen-bond donors (Lipinski definition) is 0. The number of rotatable bonds is 7. The Hall–Kier alpha value is -4.54. The summed E-state index contributed by atoms with van der Waals surface area (Å²) in [6.07, 6.45) is 2.64. The Balaban J connectivity index is 1.21. The summed E-state index contributed by atoms with van der Waals surface area (Å²) in [5.41, 5.74) is 1.77. The molecule has 1 aliphatic rings. The largest absolute Gasteiger partial charge is 0.437 e. The predicted octanol–water partition coefficient (Wildman–Crippen LogP) is 4.66. The number of halogens is 1. The maximum absolute atomic E-state index is 14.8. The lowest BCUT2D eigenvalue weighted by Gasteiger charge is -2.32. The van der Waals surface area contributed by atoms with Gasteiger partial charge in [-0.15, -0.1) is 5.10 Å². The van der Waals surface area contributed by atoms with Crippen molar-refractivity contribution in [3.8, 4) is 0 Å². The summed E-state index contributed by atoms with van der Waals surface area (Å²) in [6.45, 7) is 1.50. The van der Waals surface area contributed by atoms with Crippen LogP contribution in [0.1, 0.15) is 36.0 Å². The van der Waals surface area contributed by atoms with Crippen molar-refractivity contribution in [2.45, 2.75) is 25.3 Å². The lowest BCUT2D eigenvalue weighted by atomic mass is 9.96. The highest BCUT2D eigenvalue weighted by Gasteiger charge is 2.27. The summed E-state index contributed by atoms with van der Waals surface area (Å²) in [5.74, 6) is -0.696. The number of nitrogens with zero attached hydrogens (tertiary/aromatic N) is 5. The molecule has 0 radical (unpaired) electrons. The van der Waals surface area contributed by atoms with Crippen LogP contribution in [-0.4, -0.2) is 34.0 Å². The minimum absolute atomic E-state index is 0.0183. The maximum atomic E-state index is 14.8. The van der Waals surface area contributed by atoms with Crippen LogP contribution in [0.15, 0.2) is 79.3 Å². The van der Waals surface area contributed by atoms with Gasteiger partial charge in [0.1, 0.15) is 10.7 Å². The van der Waals surface area contributed by atoms with Crippen LogP contribution in [0.4, 0.5) is 21.6 Å². The first-order valence-corrected chi connectivity index (χ1v) is 11.4. The molecule has 0 bridgehead atoms. The molecule has 0 N–H and O–H groups in total. The van der Waals surface area contributed by atoms with Gasteiger partial charge in [0.05, 0.1) is 30.2 Å². The topological polar surface area (TPSA) is 120 Å². The van der Waals surface area contributed by atoms with E-state index in [4.69, 9.17) is 8.83 Å². The molecule has 4 aromatic rings. The smallest absolute Gasteiger partial charge is 0.400 e. The van der Waals surface area contributed by atoms with E-state index in [0.29, 0.717) is 49.7 Å². The van der Waals surface area contributed by atoms with Gasteiger partial charge in [-0.2, -0.15) is 4.68 Å². The molecule has 0 amide bonds. The summed E-state index contributed by atoms with van der Waals surface area (Å²) in [6, 6.07) is 16.8. The van der Waals surface area contributed by atoms with Gasteiger partial charge in [-0.05, 0) is 36.6 Å². The third-order valence-corrected chi connectivity index (χ3v) is 6.05. The second-order valence-electron chi connectivity index (χ2n) is 8.44. The number of nitro groups is 1. The number of piperidine rings is 1. The third kappa shape index (κ3) is 5.09. The molecule has 184 valence electrons. The predicted molar refractivity (Wildman–Crippen MR) is 130 cm³/mol. The average Bonchev–Trinajstić information content (AvgIpc) is 3.51. The summed E-state index contributed by atoms with van der Waals surface area (Å²) in [5, 5.41) is 15.1. The summed E-state index contributed by atoms with van der Waals surface area (Å²) < 4.78 is 26.6. The number of aromatic nitrogens is 2. The molecule has 0 unspecified atom stereocenters. The molecular weight excluding hydrogens is 469 g/mol. The molecule has 0 saturated carbocycles. The van der Waals surface area contributed by atoms with Gasteiger partial charge in [0.15, 0.2) is 5.76 Å². The lowest BCUT2D eigenvalue weighted by Crippen LogP contribution is -2.33. The van der Waals surface area contributed by atoms with E-state index >= 15 is 0 Å². The van der Waals surface area contributed by atoms with Crippen LogP contribution in [0.5, 0.6) is 0 Å². The highest BCUT2D eigenvalue weighted by molar-refractivity contribution is 5.79. The monoisotopic (exact) mass is 491 g/mol. The quantitative estimate of drug-likeness (QED) is 0.209. The third-order valence-electron chi connectivity index (χ3n) is 6.05. The first-order chi connectivity index (χ1) is 17.5. The molecule has 1 saturated heterocycles. The van der Waals surface area contributed by atoms with Crippen LogP contribution in [0, 0.1) is 15.9 Å². The molecular formula is C25H22FN5O5. The van der Waals surface area contributed by atoms with Crippen LogP contribution in [0.2, 0.25) is 0 Å². The molecule has 10 nitrogen and oxygen atoms in total. The number of benzene rings is 2. The molecule has 36 heavy (non-hydrogen) atoms. The molecule has 3 heterocycles. The lowest BCUT2D eigenvalue weighted by molar-refractivity contribution is -0.402. The summed E-state index contributed by atoms with van der Waals surface area (Å²) in [4.78, 5) is 28.4. The minimum atomic E-state index is -0.640. The highest BCUT2D eigenvalue weighted by Crippen LogP contribution is 2.32. The first kappa shape index (κ1) is 23.2. The van der Waals surface area contributed by atoms with Crippen molar-refractivity contribution < 1.29 is 18.1 Å². The van der Waals surface area contributed by atoms with E-state index in [0.717, 1.165) is 5.56 Å². The van der Waals surface area contributed by atoms with Gasteiger partial charge < -0.3 is 13.7 Å². The fourth-order valence-electron chi connectivity index (χ4n) is 4.19. The summed E-state index contributed by atoms with van der Waals surface area (Å²) >= 11 is 0. The van der Waals surface area contributed by atoms with E-state index in [1.54, 1.807) is 12.1 Å². The molecule has 1 aliphatic heterocycles. The van der Waals surface area contributed by atoms with E-state index in [-0.39, 0.29) is 17.6 Å². The van der Waals surface area contributed by atoms with Crippen molar-refractivity contribution in [3.05, 3.63) is 104 Å². The van der Waals surface area contributed by atoms with Crippen molar-refractivity contribution in [3.63, 3.8) is 0 Å². The number of aliphatic imine (C=N–C) groups is 1. The Labute approximate surface area is 204 Å². The normalized spacial score (nSPS) is 14.5. The van der Waals surface area contributed by atoms with Gasteiger partial charge >= 0.3 is 11.6 Å². The number of anilines is 1. The minimum Gasteiger partial charge on any atom is -0.400 e. The zero-order valence-electron chi connectivity index (χ0n) is 19.1. The van der Waals surface area contributed by atoms with Crippen LogP contribution in [-0.2, 0) is 6.54 Å². The first-order valence-electron chi connectivity index (χ1n) is 11.4. The van der Waals surface area contributed by atoms with Crippen LogP contribution in [0.25, 0.3) is 0 Å². The van der Waals surface area contributed by atoms with E-state index in [1.165, 1.54) is 29.1 Å². The zero-order valence-corrected chi connectivity index (χ0v) is 19.1. The molecule has 5 rings (SSSR count). The second kappa shape index (κ2) is 9.98. The fourth-order valence-corrected chi connectivity index (χ4v) is 4.19. The van der Waals surface area contributed by atoms with Gasteiger partial charge in [-0.3, -0.25) is 15.1 Å². The average molecular weight is 491 g/mol.